The van der Waals surface area contributed by atoms with Crippen LogP contribution in [0.1, 0.15) is 39.8 Å². The monoisotopic (exact) mass is 414 g/mol. The van der Waals surface area contributed by atoms with Gasteiger partial charge in [-0.15, -0.1) is 0 Å². The van der Waals surface area contributed by atoms with E-state index < -0.39 is 0 Å². The summed E-state index contributed by atoms with van der Waals surface area (Å²) in [6.45, 7) is 9.63. The number of benzene rings is 1. The molecule has 0 N–H and O–H groups in total. The SMILES string of the molecule is CC(C)n1c(N2CCN(C(=O)COc3ccccc3)CC2)cc(=O)n(C(C)C)c1=O. The van der Waals surface area contributed by atoms with Crippen molar-refractivity contribution >= 4 is 11.7 Å². The number of amides is 1. The lowest BCUT2D eigenvalue weighted by atomic mass is 10.2. The van der Waals surface area contributed by atoms with Crippen molar-refractivity contribution < 1.29 is 9.53 Å². The fourth-order valence-electron chi connectivity index (χ4n) is 3.70. The molecule has 1 aromatic carbocycles. The molecule has 8 nitrogen and oxygen atoms in total. The van der Waals surface area contributed by atoms with Gasteiger partial charge in [-0.1, -0.05) is 18.2 Å². The third-order valence-corrected chi connectivity index (χ3v) is 5.24. The highest BCUT2D eigenvalue weighted by Gasteiger charge is 2.25. The molecule has 1 fully saturated rings. The third kappa shape index (κ3) is 4.58. The van der Waals surface area contributed by atoms with Crippen molar-refractivity contribution in [1.29, 1.82) is 0 Å². The van der Waals surface area contributed by atoms with E-state index in [-0.39, 0.29) is 35.8 Å². The molecule has 162 valence electrons. The van der Waals surface area contributed by atoms with Gasteiger partial charge in [-0.25, -0.2) is 4.79 Å². The standard InChI is InChI=1S/C22H30N4O4/c1-16(2)25-19(14-20(27)26(17(3)4)22(25)29)23-10-12-24(13-11-23)21(28)15-30-18-8-6-5-7-9-18/h5-9,14,16-17H,10-13,15H2,1-4H3. The Morgan fingerprint density at radius 3 is 2.10 bits per heavy atom. The van der Waals surface area contributed by atoms with E-state index in [1.54, 1.807) is 9.47 Å². The molecule has 0 bridgehead atoms. The van der Waals surface area contributed by atoms with Gasteiger partial charge < -0.3 is 14.5 Å². The molecule has 8 heteroatoms. The minimum Gasteiger partial charge on any atom is -0.484 e. The fraction of sp³-hybridized carbons (Fsp3) is 0.500. The van der Waals surface area contributed by atoms with Crippen LogP contribution in [-0.2, 0) is 4.79 Å². The summed E-state index contributed by atoms with van der Waals surface area (Å²) in [5, 5.41) is 0. The second-order valence-corrected chi connectivity index (χ2v) is 8.02. The van der Waals surface area contributed by atoms with Gasteiger partial charge in [0.25, 0.3) is 11.5 Å². The molecule has 1 aliphatic rings. The Hall–Kier alpha value is -3.03. The van der Waals surface area contributed by atoms with Crippen LogP contribution in [-0.4, -0.2) is 52.7 Å². The maximum absolute atomic E-state index is 12.9. The van der Waals surface area contributed by atoms with Crippen LogP contribution in [0.15, 0.2) is 46.0 Å². The van der Waals surface area contributed by atoms with E-state index in [2.05, 4.69) is 0 Å². The van der Waals surface area contributed by atoms with Crippen LogP contribution < -0.4 is 20.9 Å². The van der Waals surface area contributed by atoms with Gasteiger partial charge in [0.05, 0.1) is 0 Å². The zero-order valence-electron chi connectivity index (χ0n) is 18.1. The van der Waals surface area contributed by atoms with Crippen molar-refractivity contribution in [2.24, 2.45) is 0 Å². The van der Waals surface area contributed by atoms with Crippen LogP contribution in [0.25, 0.3) is 0 Å². The number of piperazine rings is 1. The van der Waals surface area contributed by atoms with Gasteiger partial charge in [0.1, 0.15) is 11.6 Å². The molecule has 0 unspecified atom stereocenters. The molecular weight excluding hydrogens is 384 g/mol. The molecule has 2 aromatic rings. The number of hydrogen-bond acceptors (Lipinski definition) is 5. The predicted octanol–water partition coefficient (Wildman–Crippen LogP) is 1.90. The number of carbonyl (C=O) groups excluding carboxylic acids is 1. The Morgan fingerprint density at radius 2 is 1.53 bits per heavy atom. The van der Waals surface area contributed by atoms with Crippen molar-refractivity contribution in [2.45, 2.75) is 39.8 Å². The summed E-state index contributed by atoms with van der Waals surface area (Å²) in [6.07, 6.45) is 0. The van der Waals surface area contributed by atoms with Crippen LogP contribution in [0.5, 0.6) is 5.75 Å². The molecule has 0 saturated carbocycles. The van der Waals surface area contributed by atoms with E-state index in [9.17, 15) is 14.4 Å². The fourth-order valence-corrected chi connectivity index (χ4v) is 3.70. The lowest BCUT2D eigenvalue weighted by Gasteiger charge is -2.37. The van der Waals surface area contributed by atoms with E-state index in [0.717, 1.165) is 0 Å². The Morgan fingerprint density at radius 1 is 0.933 bits per heavy atom. The Balaban J connectivity index is 1.71. The van der Waals surface area contributed by atoms with Gasteiger partial charge in [0.15, 0.2) is 6.61 Å². The molecule has 3 rings (SSSR count). The van der Waals surface area contributed by atoms with Crippen molar-refractivity contribution in [2.75, 3.05) is 37.7 Å². The summed E-state index contributed by atoms with van der Waals surface area (Å²) in [5.74, 6) is 1.20. The molecule has 1 amide bonds. The first-order chi connectivity index (χ1) is 14.3. The van der Waals surface area contributed by atoms with Gasteiger partial charge >= 0.3 is 5.69 Å². The highest BCUT2D eigenvalue weighted by molar-refractivity contribution is 5.78. The van der Waals surface area contributed by atoms with E-state index in [1.807, 2.05) is 62.9 Å². The topological polar surface area (TPSA) is 76.8 Å². The van der Waals surface area contributed by atoms with Gasteiger partial charge in [-0.2, -0.15) is 0 Å². The van der Waals surface area contributed by atoms with Crippen LogP contribution >= 0.6 is 0 Å². The lowest BCUT2D eigenvalue weighted by molar-refractivity contribution is -0.133. The lowest BCUT2D eigenvalue weighted by Crippen LogP contribution is -2.52. The first-order valence-corrected chi connectivity index (χ1v) is 10.4. The Kier molecular flexibility index (Phi) is 6.64. The van der Waals surface area contributed by atoms with Gasteiger partial charge in [-0.05, 0) is 39.8 Å². The number of hydrogen-bond donors (Lipinski definition) is 0. The summed E-state index contributed by atoms with van der Waals surface area (Å²) in [4.78, 5) is 41.8. The highest BCUT2D eigenvalue weighted by atomic mass is 16.5. The molecule has 30 heavy (non-hydrogen) atoms. The Labute approximate surface area is 176 Å². The van der Waals surface area contributed by atoms with Crippen molar-refractivity contribution in [3.8, 4) is 5.75 Å². The van der Waals surface area contributed by atoms with Crippen molar-refractivity contribution in [1.82, 2.24) is 14.0 Å². The zero-order chi connectivity index (χ0) is 21.8. The second-order valence-electron chi connectivity index (χ2n) is 8.02. The van der Waals surface area contributed by atoms with Gasteiger partial charge in [0, 0.05) is 44.3 Å². The molecule has 1 aliphatic heterocycles. The van der Waals surface area contributed by atoms with Crippen LogP contribution in [0, 0.1) is 0 Å². The molecule has 0 aliphatic carbocycles. The number of anilines is 1. The highest BCUT2D eigenvalue weighted by Crippen LogP contribution is 2.18. The van der Waals surface area contributed by atoms with Crippen LogP contribution in [0.4, 0.5) is 5.82 Å². The Bertz CT molecular complexity index is 986. The summed E-state index contributed by atoms with van der Waals surface area (Å²) < 4.78 is 8.50. The molecule has 0 spiro atoms. The van der Waals surface area contributed by atoms with E-state index in [1.165, 1.54) is 10.6 Å². The molecule has 1 saturated heterocycles. The average Bonchev–Trinajstić information content (AvgIpc) is 2.71. The first-order valence-electron chi connectivity index (χ1n) is 10.4. The van der Waals surface area contributed by atoms with E-state index in [0.29, 0.717) is 37.7 Å². The number of ether oxygens (including phenoxy) is 1. The van der Waals surface area contributed by atoms with E-state index in [4.69, 9.17) is 4.74 Å². The van der Waals surface area contributed by atoms with Crippen molar-refractivity contribution in [3.05, 3.63) is 57.2 Å². The normalized spacial score (nSPS) is 14.5. The largest absolute Gasteiger partial charge is 0.484 e. The molecule has 1 aromatic heterocycles. The molecule has 0 radical (unpaired) electrons. The number of nitrogens with zero attached hydrogens (tertiary/aromatic N) is 4. The maximum Gasteiger partial charge on any atom is 0.333 e. The molecular formula is C22H30N4O4. The quantitative estimate of drug-likeness (QED) is 0.722. The third-order valence-electron chi connectivity index (χ3n) is 5.24. The van der Waals surface area contributed by atoms with Crippen molar-refractivity contribution in [3.63, 3.8) is 0 Å². The van der Waals surface area contributed by atoms with Crippen LogP contribution in [0.2, 0.25) is 0 Å². The van der Waals surface area contributed by atoms with E-state index >= 15 is 0 Å². The second kappa shape index (κ2) is 9.19. The smallest absolute Gasteiger partial charge is 0.333 e. The summed E-state index contributed by atoms with van der Waals surface area (Å²) in [5.41, 5.74) is -0.589. The number of carbonyl (C=O) groups is 1. The zero-order valence-corrected chi connectivity index (χ0v) is 18.1. The molecule has 0 atom stereocenters. The average molecular weight is 415 g/mol. The minimum atomic E-state index is -0.295. The molecule has 2 heterocycles. The summed E-state index contributed by atoms with van der Waals surface area (Å²) >= 11 is 0. The number of para-hydroxylation sites is 1. The van der Waals surface area contributed by atoms with Crippen LogP contribution in [0.3, 0.4) is 0 Å². The summed E-state index contributed by atoms with van der Waals surface area (Å²) in [6, 6.07) is 10.5. The minimum absolute atomic E-state index is 0.00878. The van der Waals surface area contributed by atoms with Gasteiger partial charge in [-0.3, -0.25) is 18.7 Å². The number of aromatic nitrogens is 2. The number of rotatable bonds is 6. The van der Waals surface area contributed by atoms with Gasteiger partial charge in [0.2, 0.25) is 0 Å². The first kappa shape index (κ1) is 21.7. The summed E-state index contributed by atoms with van der Waals surface area (Å²) in [7, 11) is 0. The predicted molar refractivity (Wildman–Crippen MR) is 116 cm³/mol. The maximum atomic E-state index is 12.9.